The predicted octanol–water partition coefficient (Wildman–Crippen LogP) is 3.83. The predicted molar refractivity (Wildman–Crippen MR) is 78.8 cm³/mol. The van der Waals surface area contributed by atoms with Crippen molar-refractivity contribution in [1.29, 1.82) is 0 Å². The van der Waals surface area contributed by atoms with Gasteiger partial charge in [-0.05, 0) is 17.7 Å². The van der Waals surface area contributed by atoms with E-state index in [4.69, 9.17) is 0 Å². The Bertz CT molecular complexity index is 677. The van der Waals surface area contributed by atoms with E-state index in [1.54, 1.807) is 0 Å². The van der Waals surface area contributed by atoms with Gasteiger partial charge in [0, 0.05) is 16.5 Å². The number of rotatable bonds is 3. The summed E-state index contributed by atoms with van der Waals surface area (Å²) in [5, 5.41) is 7.25. The first-order valence-corrected chi connectivity index (χ1v) is 6.82. The van der Waals surface area contributed by atoms with Crippen LogP contribution in [0.3, 0.4) is 0 Å². The van der Waals surface area contributed by atoms with Gasteiger partial charge in [-0.1, -0.05) is 58.4 Å². The van der Waals surface area contributed by atoms with Crippen molar-refractivity contribution in [3.63, 3.8) is 0 Å². The van der Waals surface area contributed by atoms with Crippen LogP contribution in [0.4, 0.5) is 0 Å². The Morgan fingerprint density at radius 2 is 1.84 bits per heavy atom. The number of aromatic amines is 1. The van der Waals surface area contributed by atoms with Crippen molar-refractivity contribution >= 4 is 15.9 Å². The Morgan fingerprint density at radius 1 is 1.00 bits per heavy atom. The first-order chi connectivity index (χ1) is 9.31. The van der Waals surface area contributed by atoms with Gasteiger partial charge >= 0.3 is 0 Å². The van der Waals surface area contributed by atoms with Gasteiger partial charge in [-0.15, -0.1) is 0 Å². The molecule has 0 amide bonds. The number of hydrogen-bond acceptors (Lipinski definition) is 2. The van der Waals surface area contributed by atoms with E-state index in [9.17, 15) is 0 Å². The van der Waals surface area contributed by atoms with Crippen LogP contribution in [0.2, 0.25) is 0 Å². The van der Waals surface area contributed by atoms with Gasteiger partial charge in [-0.25, -0.2) is 4.98 Å². The van der Waals surface area contributed by atoms with E-state index in [2.05, 4.69) is 43.2 Å². The van der Waals surface area contributed by atoms with E-state index >= 15 is 0 Å². The van der Waals surface area contributed by atoms with Crippen molar-refractivity contribution in [3.05, 3.63) is 70.5 Å². The zero-order valence-electron chi connectivity index (χ0n) is 10.2. The molecule has 0 saturated heterocycles. The number of benzene rings is 2. The molecule has 3 aromatic rings. The molecule has 3 nitrogen and oxygen atoms in total. The average molecular weight is 314 g/mol. The molecule has 0 radical (unpaired) electrons. The molecule has 0 unspecified atom stereocenters. The van der Waals surface area contributed by atoms with Gasteiger partial charge < -0.3 is 0 Å². The Kier molecular flexibility index (Phi) is 3.42. The minimum atomic E-state index is 0.741. The second kappa shape index (κ2) is 5.36. The molecule has 0 bridgehead atoms. The highest BCUT2D eigenvalue weighted by Crippen LogP contribution is 2.16. The molecule has 1 aromatic heterocycles. The van der Waals surface area contributed by atoms with Crippen molar-refractivity contribution < 1.29 is 0 Å². The monoisotopic (exact) mass is 313 g/mol. The molecule has 0 fully saturated rings. The molecule has 0 aliphatic rings. The second-order valence-electron chi connectivity index (χ2n) is 4.28. The SMILES string of the molecule is Brc1cccc(Cc2nc(-c3ccccc3)n[nH]2)c1. The van der Waals surface area contributed by atoms with Crippen LogP contribution >= 0.6 is 15.9 Å². The summed E-state index contributed by atoms with van der Waals surface area (Å²) in [6.45, 7) is 0. The first kappa shape index (κ1) is 12.1. The quantitative estimate of drug-likeness (QED) is 0.798. The van der Waals surface area contributed by atoms with Crippen molar-refractivity contribution in [1.82, 2.24) is 15.2 Å². The summed E-state index contributed by atoms with van der Waals surface area (Å²) >= 11 is 3.47. The van der Waals surface area contributed by atoms with E-state index in [-0.39, 0.29) is 0 Å². The third-order valence-electron chi connectivity index (χ3n) is 2.82. The minimum Gasteiger partial charge on any atom is -0.262 e. The molecule has 0 saturated carbocycles. The molecular formula is C15H12BrN3. The lowest BCUT2D eigenvalue weighted by Gasteiger charge is -1.98. The van der Waals surface area contributed by atoms with Crippen LogP contribution in [0.25, 0.3) is 11.4 Å². The molecule has 2 aromatic carbocycles. The third kappa shape index (κ3) is 2.90. The molecular weight excluding hydrogens is 302 g/mol. The maximum Gasteiger partial charge on any atom is 0.181 e. The molecule has 4 heteroatoms. The van der Waals surface area contributed by atoms with Crippen LogP contribution in [0.1, 0.15) is 11.4 Å². The molecule has 0 spiro atoms. The molecule has 0 aliphatic carbocycles. The lowest BCUT2D eigenvalue weighted by Crippen LogP contribution is -1.90. The third-order valence-corrected chi connectivity index (χ3v) is 3.32. The lowest BCUT2D eigenvalue weighted by molar-refractivity contribution is 0.972. The zero-order valence-corrected chi connectivity index (χ0v) is 11.8. The largest absolute Gasteiger partial charge is 0.262 e. The first-order valence-electron chi connectivity index (χ1n) is 6.02. The molecule has 0 aliphatic heterocycles. The molecule has 1 N–H and O–H groups in total. The summed E-state index contributed by atoms with van der Waals surface area (Å²) < 4.78 is 1.08. The van der Waals surface area contributed by atoms with Crippen LogP contribution in [0, 0.1) is 0 Å². The van der Waals surface area contributed by atoms with Crippen molar-refractivity contribution in [2.24, 2.45) is 0 Å². The van der Waals surface area contributed by atoms with E-state index in [0.717, 1.165) is 28.1 Å². The second-order valence-corrected chi connectivity index (χ2v) is 5.19. The van der Waals surface area contributed by atoms with Gasteiger partial charge in [0.05, 0.1) is 0 Å². The van der Waals surface area contributed by atoms with Crippen LogP contribution < -0.4 is 0 Å². The normalized spacial score (nSPS) is 10.6. The van der Waals surface area contributed by atoms with E-state index in [1.807, 2.05) is 42.5 Å². The Morgan fingerprint density at radius 3 is 2.63 bits per heavy atom. The summed E-state index contributed by atoms with van der Waals surface area (Å²) in [6, 6.07) is 18.2. The van der Waals surface area contributed by atoms with Crippen LogP contribution in [-0.4, -0.2) is 15.2 Å². The zero-order chi connectivity index (χ0) is 13.1. The highest BCUT2D eigenvalue weighted by atomic mass is 79.9. The standard InChI is InChI=1S/C15H12BrN3/c16-13-8-4-5-11(9-13)10-14-17-15(19-18-14)12-6-2-1-3-7-12/h1-9H,10H2,(H,17,18,19). The van der Waals surface area contributed by atoms with Gasteiger partial charge in [0.1, 0.15) is 5.82 Å². The van der Waals surface area contributed by atoms with Gasteiger partial charge in [-0.3, -0.25) is 5.10 Å². The number of halogens is 1. The molecule has 0 atom stereocenters. The lowest BCUT2D eigenvalue weighted by atomic mass is 10.1. The van der Waals surface area contributed by atoms with E-state index in [0.29, 0.717) is 0 Å². The Labute approximate surface area is 119 Å². The Balaban J connectivity index is 1.82. The van der Waals surface area contributed by atoms with Crippen molar-refractivity contribution in [2.75, 3.05) is 0 Å². The van der Waals surface area contributed by atoms with E-state index in [1.165, 1.54) is 5.56 Å². The molecule has 1 heterocycles. The van der Waals surface area contributed by atoms with Crippen molar-refractivity contribution in [3.8, 4) is 11.4 Å². The fraction of sp³-hybridized carbons (Fsp3) is 0.0667. The summed E-state index contributed by atoms with van der Waals surface area (Å²) in [5.74, 6) is 1.61. The summed E-state index contributed by atoms with van der Waals surface area (Å²) in [7, 11) is 0. The van der Waals surface area contributed by atoms with E-state index < -0.39 is 0 Å². The van der Waals surface area contributed by atoms with Gasteiger partial charge in [0.15, 0.2) is 5.82 Å². The van der Waals surface area contributed by atoms with Crippen LogP contribution in [0.15, 0.2) is 59.1 Å². The average Bonchev–Trinajstić information content (AvgIpc) is 2.88. The smallest absolute Gasteiger partial charge is 0.181 e. The summed E-state index contributed by atoms with van der Waals surface area (Å²) in [6.07, 6.45) is 0.749. The number of aromatic nitrogens is 3. The van der Waals surface area contributed by atoms with Gasteiger partial charge in [0.2, 0.25) is 0 Å². The maximum atomic E-state index is 4.52. The molecule has 19 heavy (non-hydrogen) atoms. The molecule has 3 rings (SSSR count). The number of hydrogen-bond donors (Lipinski definition) is 1. The summed E-state index contributed by atoms with van der Waals surface area (Å²) in [4.78, 5) is 4.52. The minimum absolute atomic E-state index is 0.741. The highest BCUT2D eigenvalue weighted by molar-refractivity contribution is 9.10. The van der Waals surface area contributed by atoms with Crippen molar-refractivity contribution in [2.45, 2.75) is 6.42 Å². The fourth-order valence-electron chi connectivity index (χ4n) is 1.93. The van der Waals surface area contributed by atoms with Gasteiger partial charge in [0.25, 0.3) is 0 Å². The summed E-state index contributed by atoms with van der Waals surface area (Å²) in [5.41, 5.74) is 2.23. The van der Waals surface area contributed by atoms with Crippen LogP contribution in [0.5, 0.6) is 0 Å². The number of nitrogens with zero attached hydrogens (tertiary/aromatic N) is 2. The molecule has 94 valence electrons. The Hall–Kier alpha value is -1.94. The highest BCUT2D eigenvalue weighted by Gasteiger charge is 2.06. The maximum absolute atomic E-state index is 4.52. The number of nitrogens with one attached hydrogen (secondary N) is 1. The van der Waals surface area contributed by atoms with Crippen LogP contribution in [-0.2, 0) is 6.42 Å². The topological polar surface area (TPSA) is 41.6 Å². The fourth-order valence-corrected chi connectivity index (χ4v) is 2.38. The van der Waals surface area contributed by atoms with Gasteiger partial charge in [-0.2, -0.15) is 5.10 Å². The number of H-pyrrole nitrogens is 1.